The van der Waals surface area contributed by atoms with Crippen LogP contribution in [0.3, 0.4) is 0 Å². The highest BCUT2D eigenvalue weighted by molar-refractivity contribution is 5.79. The van der Waals surface area contributed by atoms with E-state index in [-0.39, 0.29) is 12.5 Å². The second kappa shape index (κ2) is 6.05. The summed E-state index contributed by atoms with van der Waals surface area (Å²) >= 11 is 0. The Morgan fingerprint density at radius 1 is 1.17 bits per heavy atom. The smallest absolute Gasteiger partial charge is 0.408 e. The standard InChI is InChI=1S/C13H17NO4/c1-9(2)11(12(15)16)14(13(17)18)8-10-6-4-3-5-7-10/h3-7,9,11H,8H2,1-2H3,(H,15,16)(H,17,18). The van der Waals surface area contributed by atoms with Gasteiger partial charge in [-0.2, -0.15) is 0 Å². The first-order valence-electron chi connectivity index (χ1n) is 5.69. The Balaban J connectivity index is 2.95. The third kappa shape index (κ3) is 3.48. The van der Waals surface area contributed by atoms with E-state index in [4.69, 9.17) is 10.2 Å². The number of aliphatic carboxylic acids is 1. The number of amides is 1. The summed E-state index contributed by atoms with van der Waals surface area (Å²) < 4.78 is 0. The van der Waals surface area contributed by atoms with E-state index < -0.39 is 18.1 Å². The minimum absolute atomic E-state index is 0.0747. The lowest BCUT2D eigenvalue weighted by Crippen LogP contribution is -2.47. The van der Waals surface area contributed by atoms with Crippen LogP contribution in [0.4, 0.5) is 4.79 Å². The Bertz CT molecular complexity index is 416. The second-order valence-corrected chi connectivity index (χ2v) is 4.42. The van der Waals surface area contributed by atoms with Gasteiger partial charge in [-0.15, -0.1) is 0 Å². The zero-order valence-electron chi connectivity index (χ0n) is 10.4. The fourth-order valence-corrected chi connectivity index (χ4v) is 1.84. The van der Waals surface area contributed by atoms with Crippen molar-refractivity contribution in [2.45, 2.75) is 26.4 Å². The number of rotatable bonds is 5. The van der Waals surface area contributed by atoms with Crippen LogP contribution in [0.2, 0.25) is 0 Å². The molecule has 0 aliphatic heterocycles. The lowest BCUT2D eigenvalue weighted by atomic mass is 10.0. The van der Waals surface area contributed by atoms with Gasteiger partial charge in [-0.1, -0.05) is 44.2 Å². The molecule has 0 bridgehead atoms. The van der Waals surface area contributed by atoms with Crippen molar-refractivity contribution in [3.05, 3.63) is 35.9 Å². The van der Waals surface area contributed by atoms with Gasteiger partial charge in [0, 0.05) is 6.54 Å². The lowest BCUT2D eigenvalue weighted by molar-refractivity contribution is -0.144. The fraction of sp³-hybridized carbons (Fsp3) is 0.385. The van der Waals surface area contributed by atoms with E-state index in [0.29, 0.717) is 0 Å². The molecular weight excluding hydrogens is 234 g/mol. The summed E-state index contributed by atoms with van der Waals surface area (Å²) in [4.78, 5) is 23.3. The van der Waals surface area contributed by atoms with Crippen LogP contribution in [0, 0.1) is 5.92 Å². The summed E-state index contributed by atoms with van der Waals surface area (Å²) in [7, 11) is 0. The van der Waals surface area contributed by atoms with Crippen LogP contribution in [0.25, 0.3) is 0 Å². The number of carbonyl (C=O) groups is 2. The van der Waals surface area contributed by atoms with Crippen LogP contribution in [0.1, 0.15) is 19.4 Å². The largest absolute Gasteiger partial charge is 0.480 e. The number of carboxylic acid groups (broad SMARTS) is 2. The number of carboxylic acids is 1. The van der Waals surface area contributed by atoms with Crippen LogP contribution in [0.5, 0.6) is 0 Å². The summed E-state index contributed by atoms with van der Waals surface area (Å²) in [6.07, 6.45) is -1.22. The third-order valence-electron chi connectivity index (χ3n) is 2.66. The SMILES string of the molecule is CC(C)C(C(=O)O)N(Cc1ccccc1)C(=O)O. The normalized spacial score (nSPS) is 12.2. The van der Waals surface area contributed by atoms with Gasteiger partial charge in [0.2, 0.25) is 0 Å². The van der Waals surface area contributed by atoms with Gasteiger partial charge in [-0.05, 0) is 11.5 Å². The Labute approximate surface area is 106 Å². The molecule has 1 aromatic carbocycles. The molecule has 1 rings (SSSR count). The first kappa shape index (κ1) is 14.0. The number of benzene rings is 1. The number of hydrogen-bond donors (Lipinski definition) is 2. The fourth-order valence-electron chi connectivity index (χ4n) is 1.84. The molecule has 5 nitrogen and oxygen atoms in total. The summed E-state index contributed by atoms with van der Waals surface area (Å²) in [5, 5.41) is 18.3. The summed E-state index contributed by atoms with van der Waals surface area (Å²) in [5.74, 6) is -1.41. The molecule has 0 fully saturated rings. The van der Waals surface area contributed by atoms with E-state index in [1.54, 1.807) is 38.1 Å². The molecule has 0 heterocycles. The molecule has 0 aliphatic rings. The molecule has 0 radical (unpaired) electrons. The van der Waals surface area contributed by atoms with Crippen molar-refractivity contribution < 1.29 is 19.8 Å². The van der Waals surface area contributed by atoms with Crippen LogP contribution >= 0.6 is 0 Å². The predicted molar refractivity (Wildman–Crippen MR) is 66.3 cm³/mol. The third-order valence-corrected chi connectivity index (χ3v) is 2.66. The molecule has 18 heavy (non-hydrogen) atoms. The highest BCUT2D eigenvalue weighted by Crippen LogP contribution is 2.15. The molecule has 1 atom stereocenters. The van der Waals surface area contributed by atoms with Gasteiger partial charge in [0.05, 0.1) is 0 Å². The maximum atomic E-state index is 11.2. The van der Waals surface area contributed by atoms with E-state index in [1.165, 1.54) is 0 Å². The van der Waals surface area contributed by atoms with Gasteiger partial charge in [0.15, 0.2) is 0 Å². The maximum absolute atomic E-state index is 11.2. The Morgan fingerprint density at radius 3 is 2.11 bits per heavy atom. The minimum atomic E-state index is -1.22. The van der Waals surface area contributed by atoms with E-state index in [9.17, 15) is 9.59 Å². The van der Waals surface area contributed by atoms with Gasteiger partial charge in [-0.3, -0.25) is 4.90 Å². The molecule has 98 valence electrons. The van der Waals surface area contributed by atoms with E-state index in [0.717, 1.165) is 10.5 Å². The topological polar surface area (TPSA) is 77.8 Å². The van der Waals surface area contributed by atoms with Crippen molar-refractivity contribution in [3.8, 4) is 0 Å². The van der Waals surface area contributed by atoms with E-state index in [1.807, 2.05) is 6.07 Å². The number of hydrogen-bond acceptors (Lipinski definition) is 2. The Kier molecular flexibility index (Phi) is 4.71. The molecule has 0 saturated heterocycles. The van der Waals surface area contributed by atoms with Crippen molar-refractivity contribution in [2.24, 2.45) is 5.92 Å². The minimum Gasteiger partial charge on any atom is -0.480 e. The van der Waals surface area contributed by atoms with E-state index in [2.05, 4.69) is 0 Å². The molecule has 0 saturated carbocycles. The van der Waals surface area contributed by atoms with Crippen molar-refractivity contribution >= 4 is 12.1 Å². The van der Waals surface area contributed by atoms with E-state index >= 15 is 0 Å². The molecule has 1 amide bonds. The monoisotopic (exact) mass is 251 g/mol. The quantitative estimate of drug-likeness (QED) is 0.841. The Hall–Kier alpha value is -2.04. The van der Waals surface area contributed by atoms with Gasteiger partial charge < -0.3 is 10.2 Å². The van der Waals surface area contributed by atoms with Gasteiger partial charge >= 0.3 is 12.1 Å². The lowest BCUT2D eigenvalue weighted by Gasteiger charge is -2.29. The van der Waals surface area contributed by atoms with Gasteiger partial charge in [0.25, 0.3) is 0 Å². The first-order chi connectivity index (χ1) is 8.43. The van der Waals surface area contributed by atoms with Gasteiger partial charge in [0.1, 0.15) is 6.04 Å². The molecule has 0 aliphatic carbocycles. The highest BCUT2D eigenvalue weighted by Gasteiger charge is 2.32. The zero-order valence-corrected chi connectivity index (χ0v) is 10.4. The average Bonchev–Trinajstić information content (AvgIpc) is 2.28. The van der Waals surface area contributed by atoms with Crippen LogP contribution in [-0.4, -0.2) is 33.2 Å². The first-order valence-corrected chi connectivity index (χ1v) is 5.69. The van der Waals surface area contributed by atoms with Crippen LogP contribution in [-0.2, 0) is 11.3 Å². The Morgan fingerprint density at radius 2 is 1.72 bits per heavy atom. The average molecular weight is 251 g/mol. The summed E-state index contributed by atoms with van der Waals surface area (Å²) in [5.41, 5.74) is 0.770. The maximum Gasteiger partial charge on any atom is 0.408 e. The molecular formula is C13H17NO4. The summed E-state index contributed by atoms with van der Waals surface area (Å²) in [6, 6.07) is 7.92. The summed E-state index contributed by atoms with van der Waals surface area (Å²) in [6.45, 7) is 3.46. The highest BCUT2D eigenvalue weighted by atomic mass is 16.4. The second-order valence-electron chi connectivity index (χ2n) is 4.42. The van der Waals surface area contributed by atoms with Crippen molar-refractivity contribution in [3.63, 3.8) is 0 Å². The molecule has 2 N–H and O–H groups in total. The molecule has 1 unspecified atom stereocenters. The van der Waals surface area contributed by atoms with Crippen molar-refractivity contribution in [1.29, 1.82) is 0 Å². The molecule has 0 spiro atoms. The van der Waals surface area contributed by atoms with Gasteiger partial charge in [-0.25, -0.2) is 9.59 Å². The zero-order chi connectivity index (χ0) is 13.7. The predicted octanol–water partition coefficient (Wildman–Crippen LogP) is 2.28. The van der Waals surface area contributed by atoms with Crippen molar-refractivity contribution in [1.82, 2.24) is 4.90 Å². The van der Waals surface area contributed by atoms with Crippen LogP contribution in [0.15, 0.2) is 30.3 Å². The van der Waals surface area contributed by atoms with Crippen molar-refractivity contribution in [2.75, 3.05) is 0 Å². The molecule has 1 aromatic rings. The molecule has 0 aromatic heterocycles. The molecule has 5 heteroatoms. The number of nitrogens with zero attached hydrogens (tertiary/aromatic N) is 1. The van der Waals surface area contributed by atoms with Crippen LogP contribution < -0.4 is 0 Å².